The molecule has 0 fully saturated rings. The summed E-state index contributed by atoms with van der Waals surface area (Å²) in [7, 11) is 1.82. The Morgan fingerprint density at radius 1 is 0.900 bits per heavy atom. The largest absolute Gasteiger partial charge is 0.341 e. The van der Waals surface area contributed by atoms with Crippen LogP contribution in [0.25, 0.3) is 22.0 Å². The number of thioether (sulfide) groups is 1. The van der Waals surface area contributed by atoms with Crippen LogP contribution in [0.3, 0.4) is 0 Å². The molecule has 4 rings (SSSR count). The molecule has 0 saturated heterocycles. The van der Waals surface area contributed by atoms with Crippen LogP contribution in [0.2, 0.25) is 0 Å². The third-order valence-electron chi connectivity index (χ3n) is 4.82. The van der Waals surface area contributed by atoms with E-state index >= 15 is 0 Å². The van der Waals surface area contributed by atoms with E-state index < -0.39 is 0 Å². The van der Waals surface area contributed by atoms with Gasteiger partial charge >= 0.3 is 0 Å². The molecule has 150 valence electrons. The molecule has 1 amide bonds. The number of carbonyl (C=O) groups is 1. The van der Waals surface area contributed by atoms with E-state index in [-0.39, 0.29) is 5.91 Å². The van der Waals surface area contributed by atoms with Gasteiger partial charge in [-0.3, -0.25) is 4.79 Å². The van der Waals surface area contributed by atoms with Crippen molar-refractivity contribution >= 4 is 44.4 Å². The Hall–Kier alpha value is -2.70. The predicted octanol–water partition coefficient (Wildman–Crippen LogP) is 5.81. The summed E-state index contributed by atoms with van der Waals surface area (Å²) < 4.78 is 1.01. The third-order valence-corrected chi connectivity index (χ3v) is 6.56. The number of carbonyl (C=O) groups excluding carboxylic acids is 1. The summed E-state index contributed by atoms with van der Waals surface area (Å²) in [5, 5.41) is 11.7. The molecular weight excluding hydrogens is 458 g/mol. The van der Waals surface area contributed by atoms with Crippen molar-refractivity contribution in [2.24, 2.45) is 0 Å². The van der Waals surface area contributed by atoms with Crippen molar-refractivity contribution in [3.8, 4) is 11.3 Å². The summed E-state index contributed by atoms with van der Waals surface area (Å²) in [4.78, 5) is 14.4. The second kappa shape index (κ2) is 9.41. The Morgan fingerprint density at radius 3 is 2.33 bits per heavy atom. The Labute approximate surface area is 188 Å². The number of halogens is 1. The molecule has 6 heteroatoms. The van der Waals surface area contributed by atoms with Crippen LogP contribution >= 0.6 is 27.7 Å². The normalized spacial score (nSPS) is 10.9. The average Bonchev–Trinajstić information content (AvgIpc) is 2.79. The molecule has 0 spiro atoms. The van der Waals surface area contributed by atoms with Crippen molar-refractivity contribution < 1.29 is 4.79 Å². The fourth-order valence-corrected chi connectivity index (χ4v) is 4.53. The smallest absolute Gasteiger partial charge is 0.233 e. The van der Waals surface area contributed by atoms with Gasteiger partial charge in [-0.1, -0.05) is 100 Å². The van der Waals surface area contributed by atoms with Crippen molar-refractivity contribution in [2.75, 3.05) is 12.8 Å². The number of nitrogens with zero attached hydrogens (tertiary/aromatic N) is 3. The average molecular weight is 478 g/mol. The van der Waals surface area contributed by atoms with Crippen LogP contribution in [0.5, 0.6) is 0 Å². The summed E-state index contributed by atoms with van der Waals surface area (Å²) in [5.41, 5.74) is 2.96. The minimum atomic E-state index is 0.0498. The lowest BCUT2D eigenvalue weighted by Crippen LogP contribution is -2.28. The van der Waals surface area contributed by atoms with Gasteiger partial charge in [0.25, 0.3) is 0 Å². The van der Waals surface area contributed by atoms with Crippen LogP contribution in [-0.4, -0.2) is 33.8 Å². The first-order valence-corrected chi connectivity index (χ1v) is 11.3. The minimum absolute atomic E-state index is 0.0498. The fourth-order valence-electron chi connectivity index (χ4n) is 3.21. The summed E-state index contributed by atoms with van der Waals surface area (Å²) in [6.45, 7) is 0.556. The summed E-state index contributed by atoms with van der Waals surface area (Å²) in [6.07, 6.45) is 0. The molecular formula is C24H20BrN3OS. The number of benzene rings is 3. The molecule has 1 aromatic heterocycles. The first-order valence-electron chi connectivity index (χ1n) is 9.54. The van der Waals surface area contributed by atoms with Gasteiger partial charge < -0.3 is 4.90 Å². The summed E-state index contributed by atoms with van der Waals surface area (Å²) in [6, 6.07) is 26.1. The highest BCUT2D eigenvalue weighted by molar-refractivity contribution is 9.10. The van der Waals surface area contributed by atoms with Crippen LogP contribution in [0.4, 0.5) is 0 Å². The first-order chi connectivity index (χ1) is 14.6. The van der Waals surface area contributed by atoms with E-state index in [9.17, 15) is 4.79 Å². The van der Waals surface area contributed by atoms with Crippen molar-refractivity contribution in [3.05, 3.63) is 88.9 Å². The molecule has 1 heterocycles. The number of rotatable bonds is 6. The van der Waals surface area contributed by atoms with Crippen molar-refractivity contribution in [2.45, 2.75) is 11.6 Å². The second-order valence-corrected chi connectivity index (χ2v) is 8.71. The Balaban J connectivity index is 1.52. The van der Waals surface area contributed by atoms with Crippen LogP contribution in [0, 0.1) is 0 Å². The van der Waals surface area contributed by atoms with E-state index in [1.807, 2.05) is 79.8 Å². The molecule has 0 N–H and O–H groups in total. The number of aromatic nitrogens is 2. The topological polar surface area (TPSA) is 46.1 Å². The lowest BCUT2D eigenvalue weighted by atomic mass is 10.1. The first kappa shape index (κ1) is 20.6. The van der Waals surface area contributed by atoms with Crippen molar-refractivity contribution in [1.82, 2.24) is 15.1 Å². The van der Waals surface area contributed by atoms with Crippen LogP contribution in [0.1, 0.15) is 5.56 Å². The van der Waals surface area contributed by atoms with E-state index in [1.165, 1.54) is 11.8 Å². The SMILES string of the molecule is CN(Cc1ccccc1Br)C(=O)CSc1nnc(-c2ccccc2)c2ccccc12. The second-order valence-electron chi connectivity index (χ2n) is 6.90. The lowest BCUT2D eigenvalue weighted by molar-refractivity contribution is -0.127. The van der Waals surface area contributed by atoms with Crippen LogP contribution in [0.15, 0.2) is 88.4 Å². The zero-order valence-corrected chi connectivity index (χ0v) is 18.9. The highest BCUT2D eigenvalue weighted by Gasteiger charge is 2.15. The minimum Gasteiger partial charge on any atom is -0.341 e. The van der Waals surface area contributed by atoms with Gasteiger partial charge in [-0.2, -0.15) is 0 Å². The van der Waals surface area contributed by atoms with E-state index in [4.69, 9.17) is 0 Å². The quantitative estimate of drug-likeness (QED) is 0.328. The Morgan fingerprint density at radius 2 is 1.57 bits per heavy atom. The van der Waals surface area contributed by atoms with Gasteiger partial charge in [-0.25, -0.2) is 0 Å². The number of hydrogen-bond acceptors (Lipinski definition) is 4. The molecule has 0 bridgehead atoms. The molecule has 3 aromatic carbocycles. The molecule has 0 unspecified atom stereocenters. The number of fused-ring (bicyclic) bond motifs is 1. The van der Waals surface area contributed by atoms with E-state index in [2.05, 4.69) is 32.2 Å². The van der Waals surface area contributed by atoms with Crippen molar-refractivity contribution in [3.63, 3.8) is 0 Å². The molecule has 0 aliphatic rings. The molecule has 0 radical (unpaired) electrons. The Kier molecular flexibility index (Phi) is 6.45. The lowest BCUT2D eigenvalue weighted by Gasteiger charge is -2.18. The fraction of sp³-hybridized carbons (Fsp3) is 0.125. The standard InChI is InChI=1S/C24H20BrN3OS/c1-28(15-18-11-5-8-14-21(18)25)22(29)16-30-24-20-13-7-6-12-19(20)23(26-27-24)17-9-3-2-4-10-17/h2-14H,15-16H2,1H3. The number of amides is 1. The number of hydrogen-bond donors (Lipinski definition) is 0. The van der Waals surface area contributed by atoms with Crippen LogP contribution in [-0.2, 0) is 11.3 Å². The zero-order valence-electron chi connectivity index (χ0n) is 16.5. The third kappa shape index (κ3) is 4.55. The van der Waals surface area contributed by atoms with Gasteiger partial charge in [-0.15, -0.1) is 10.2 Å². The van der Waals surface area contributed by atoms with Gasteiger partial charge in [-0.05, 0) is 11.6 Å². The molecule has 4 aromatic rings. The predicted molar refractivity (Wildman–Crippen MR) is 126 cm³/mol. The maximum absolute atomic E-state index is 12.7. The Bertz CT molecular complexity index is 1180. The highest BCUT2D eigenvalue weighted by Crippen LogP contribution is 2.31. The maximum Gasteiger partial charge on any atom is 0.233 e. The zero-order chi connectivity index (χ0) is 20.9. The molecule has 4 nitrogen and oxygen atoms in total. The van der Waals surface area contributed by atoms with Gasteiger partial charge in [0.05, 0.1) is 5.75 Å². The monoisotopic (exact) mass is 477 g/mol. The molecule has 0 saturated carbocycles. The van der Waals surface area contributed by atoms with E-state index in [1.54, 1.807) is 4.90 Å². The summed E-state index contributed by atoms with van der Waals surface area (Å²) in [5.74, 6) is 0.360. The molecule has 0 aliphatic heterocycles. The summed E-state index contributed by atoms with van der Waals surface area (Å²) >= 11 is 4.97. The van der Waals surface area contributed by atoms with Crippen molar-refractivity contribution in [1.29, 1.82) is 0 Å². The maximum atomic E-state index is 12.7. The van der Waals surface area contributed by atoms with Gasteiger partial charge in [0.15, 0.2) is 0 Å². The molecule has 0 atom stereocenters. The van der Waals surface area contributed by atoms with Gasteiger partial charge in [0.2, 0.25) is 5.91 Å². The van der Waals surface area contributed by atoms with Gasteiger partial charge in [0.1, 0.15) is 10.7 Å². The van der Waals surface area contributed by atoms with Crippen LogP contribution < -0.4 is 0 Å². The van der Waals surface area contributed by atoms with E-state index in [0.717, 1.165) is 37.1 Å². The highest BCUT2D eigenvalue weighted by atomic mass is 79.9. The van der Waals surface area contributed by atoms with E-state index in [0.29, 0.717) is 12.3 Å². The van der Waals surface area contributed by atoms with Gasteiger partial charge in [0, 0.05) is 34.4 Å². The molecule has 30 heavy (non-hydrogen) atoms. The molecule has 0 aliphatic carbocycles.